The van der Waals surface area contributed by atoms with E-state index in [1.165, 1.54) is 6.07 Å². The van der Waals surface area contributed by atoms with Crippen LogP contribution < -0.4 is 10.0 Å². The van der Waals surface area contributed by atoms with Crippen LogP contribution in [0.5, 0.6) is 0 Å². The van der Waals surface area contributed by atoms with Gasteiger partial charge in [-0.25, -0.2) is 8.42 Å². The van der Waals surface area contributed by atoms with Crippen molar-refractivity contribution in [3.8, 4) is 0 Å². The van der Waals surface area contributed by atoms with Gasteiger partial charge in [0.25, 0.3) is 15.9 Å². The lowest BCUT2D eigenvalue weighted by molar-refractivity contribution is 0.0926. The Morgan fingerprint density at radius 3 is 2.50 bits per heavy atom. The molecule has 2 aromatic carbocycles. The highest BCUT2D eigenvalue weighted by Gasteiger charge is 2.20. The maximum absolute atomic E-state index is 12.8. The third-order valence-corrected chi connectivity index (χ3v) is 7.10. The summed E-state index contributed by atoms with van der Waals surface area (Å²) in [6.07, 6.45) is 0.683. The quantitative estimate of drug-likeness (QED) is 0.449. The van der Waals surface area contributed by atoms with Crippen molar-refractivity contribution in [2.75, 3.05) is 24.5 Å². The van der Waals surface area contributed by atoms with Crippen molar-refractivity contribution in [1.82, 2.24) is 5.32 Å². The standard InChI is InChI=1S/C22H26N2O4S2/c1-16(2)15-28-11-6-10-23-22(25)19-13-17-7-3-4-8-18(17)14-20(19)24-30(26,27)21-9-5-12-29-21/h3-5,7-9,12-14,16,24H,6,10-11,15H2,1-2H3,(H,23,25). The average molecular weight is 447 g/mol. The molecule has 0 aliphatic carbocycles. The van der Waals surface area contributed by atoms with Crippen LogP contribution in [0.25, 0.3) is 10.8 Å². The Morgan fingerprint density at radius 2 is 1.83 bits per heavy atom. The molecule has 1 heterocycles. The van der Waals surface area contributed by atoms with Crippen LogP contribution in [0.1, 0.15) is 30.6 Å². The molecule has 0 bridgehead atoms. The van der Waals surface area contributed by atoms with Gasteiger partial charge in [0, 0.05) is 19.8 Å². The number of benzene rings is 2. The van der Waals surface area contributed by atoms with Gasteiger partial charge in [-0.05, 0) is 46.7 Å². The van der Waals surface area contributed by atoms with Crippen molar-refractivity contribution in [3.05, 3.63) is 59.5 Å². The van der Waals surface area contributed by atoms with Gasteiger partial charge >= 0.3 is 0 Å². The number of carbonyl (C=O) groups is 1. The second-order valence-electron chi connectivity index (χ2n) is 7.36. The Labute approximate surface area is 181 Å². The molecule has 0 saturated carbocycles. The first-order chi connectivity index (χ1) is 14.4. The van der Waals surface area contributed by atoms with Gasteiger partial charge in [-0.15, -0.1) is 11.3 Å². The van der Waals surface area contributed by atoms with Gasteiger partial charge in [0.2, 0.25) is 0 Å². The van der Waals surface area contributed by atoms with E-state index in [1.54, 1.807) is 23.6 Å². The third kappa shape index (κ3) is 5.81. The first kappa shape index (κ1) is 22.3. The summed E-state index contributed by atoms with van der Waals surface area (Å²) in [5.74, 6) is 0.143. The Balaban J connectivity index is 1.78. The minimum Gasteiger partial charge on any atom is -0.381 e. The van der Waals surface area contributed by atoms with E-state index in [0.717, 1.165) is 22.1 Å². The summed E-state index contributed by atoms with van der Waals surface area (Å²) in [6, 6.07) is 14.1. The molecular formula is C22H26N2O4S2. The summed E-state index contributed by atoms with van der Waals surface area (Å²) in [5.41, 5.74) is 0.549. The molecule has 0 unspecified atom stereocenters. The number of hydrogen-bond donors (Lipinski definition) is 2. The highest BCUT2D eigenvalue weighted by Crippen LogP contribution is 2.27. The number of fused-ring (bicyclic) bond motifs is 1. The van der Waals surface area contributed by atoms with Gasteiger partial charge in [-0.3, -0.25) is 9.52 Å². The van der Waals surface area contributed by atoms with Crippen LogP contribution in [0, 0.1) is 5.92 Å². The number of sulfonamides is 1. The van der Waals surface area contributed by atoms with Gasteiger partial charge in [0.05, 0.1) is 11.3 Å². The molecule has 30 heavy (non-hydrogen) atoms. The molecule has 0 spiro atoms. The number of carbonyl (C=O) groups excluding carboxylic acids is 1. The van der Waals surface area contributed by atoms with E-state index < -0.39 is 10.0 Å². The zero-order valence-corrected chi connectivity index (χ0v) is 18.7. The topological polar surface area (TPSA) is 84.5 Å². The first-order valence-corrected chi connectivity index (χ1v) is 12.2. The molecule has 6 nitrogen and oxygen atoms in total. The molecule has 0 aliphatic rings. The van der Waals surface area contributed by atoms with E-state index >= 15 is 0 Å². The molecule has 0 aliphatic heterocycles. The maximum Gasteiger partial charge on any atom is 0.271 e. The van der Waals surface area contributed by atoms with Crippen LogP contribution in [-0.2, 0) is 14.8 Å². The van der Waals surface area contributed by atoms with Crippen molar-refractivity contribution in [2.45, 2.75) is 24.5 Å². The fourth-order valence-electron chi connectivity index (χ4n) is 2.91. The molecule has 0 saturated heterocycles. The zero-order valence-electron chi connectivity index (χ0n) is 17.1. The molecule has 1 amide bonds. The third-order valence-electron chi connectivity index (χ3n) is 4.34. The van der Waals surface area contributed by atoms with E-state index in [2.05, 4.69) is 23.9 Å². The lowest BCUT2D eigenvalue weighted by atomic mass is 10.0. The van der Waals surface area contributed by atoms with Crippen molar-refractivity contribution < 1.29 is 17.9 Å². The summed E-state index contributed by atoms with van der Waals surface area (Å²) in [4.78, 5) is 12.8. The Bertz CT molecular complexity index is 1090. The smallest absolute Gasteiger partial charge is 0.271 e. The number of hydrogen-bond acceptors (Lipinski definition) is 5. The van der Waals surface area contributed by atoms with Crippen molar-refractivity contribution >= 4 is 43.7 Å². The van der Waals surface area contributed by atoms with Crippen molar-refractivity contribution in [3.63, 3.8) is 0 Å². The molecular weight excluding hydrogens is 420 g/mol. The second kappa shape index (κ2) is 10.1. The molecule has 1 aromatic heterocycles. The number of thiophene rings is 1. The molecule has 2 N–H and O–H groups in total. The van der Waals surface area contributed by atoms with Gasteiger partial charge in [-0.2, -0.15) is 0 Å². The number of ether oxygens (including phenoxy) is 1. The Morgan fingerprint density at radius 1 is 1.10 bits per heavy atom. The minimum absolute atomic E-state index is 0.198. The molecule has 0 fully saturated rings. The fraction of sp³-hybridized carbons (Fsp3) is 0.318. The highest BCUT2D eigenvalue weighted by molar-refractivity contribution is 7.94. The van der Waals surface area contributed by atoms with Gasteiger partial charge < -0.3 is 10.1 Å². The van der Waals surface area contributed by atoms with Gasteiger partial charge in [0.15, 0.2) is 0 Å². The van der Waals surface area contributed by atoms with Crippen LogP contribution in [0.3, 0.4) is 0 Å². The largest absolute Gasteiger partial charge is 0.381 e. The van der Waals surface area contributed by atoms with Crippen LogP contribution >= 0.6 is 11.3 Å². The first-order valence-electron chi connectivity index (χ1n) is 9.82. The predicted molar refractivity (Wildman–Crippen MR) is 122 cm³/mol. The lowest BCUT2D eigenvalue weighted by Crippen LogP contribution is -2.27. The molecule has 8 heteroatoms. The number of nitrogens with one attached hydrogen (secondary N) is 2. The van der Waals surface area contributed by atoms with E-state index in [-0.39, 0.29) is 21.4 Å². The number of anilines is 1. The van der Waals surface area contributed by atoms with Crippen LogP contribution in [0.15, 0.2) is 58.1 Å². The predicted octanol–water partition coefficient (Wildman–Crippen LogP) is 4.49. The Kier molecular flexibility index (Phi) is 7.47. The molecule has 3 rings (SSSR count). The van der Waals surface area contributed by atoms with E-state index in [4.69, 9.17) is 4.74 Å². The minimum atomic E-state index is -3.77. The van der Waals surface area contributed by atoms with Gasteiger partial charge in [0.1, 0.15) is 4.21 Å². The molecule has 3 aromatic rings. The summed E-state index contributed by atoms with van der Waals surface area (Å²) in [7, 11) is -3.77. The van der Waals surface area contributed by atoms with E-state index in [0.29, 0.717) is 32.1 Å². The second-order valence-corrected chi connectivity index (χ2v) is 10.2. The summed E-state index contributed by atoms with van der Waals surface area (Å²) in [6.45, 7) is 5.86. The van der Waals surface area contributed by atoms with Crippen LogP contribution in [-0.4, -0.2) is 34.1 Å². The van der Waals surface area contributed by atoms with E-state index in [9.17, 15) is 13.2 Å². The summed E-state index contributed by atoms with van der Waals surface area (Å²) in [5, 5.41) is 6.27. The van der Waals surface area contributed by atoms with Crippen molar-refractivity contribution in [2.24, 2.45) is 5.92 Å². The normalized spacial score (nSPS) is 11.7. The Hall–Kier alpha value is -2.42. The van der Waals surface area contributed by atoms with Crippen molar-refractivity contribution in [1.29, 1.82) is 0 Å². The molecule has 0 atom stereocenters. The SMILES string of the molecule is CC(C)COCCCNC(=O)c1cc2ccccc2cc1NS(=O)(=O)c1cccs1. The average Bonchev–Trinajstić information content (AvgIpc) is 3.25. The summed E-state index contributed by atoms with van der Waals surface area (Å²) < 4.78 is 33.7. The molecule has 160 valence electrons. The lowest BCUT2D eigenvalue weighted by Gasteiger charge is -2.14. The highest BCUT2D eigenvalue weighted by atomic mass is 32.2. The van der Waals surface area contributed by atoms with E-state index in [1.807, 2.05) is 24.3 Å². The number of rotatable bonds is 10. The zero-order chi connectivity index (χ0) is 21.6. The monoisotopic (exact) mass is 446 g/mol. The van der Waals surface area contributed by atoms with Gasteiger partial charge in [-0.1, -0.05) is 44.2 Å². The number of amides is 1. The molecule has 0 radical (unpaired) electrons. The fourth-order valence-corrected chi connectivity index (χ4v) is 4.98. The summed E-state index contributed by atoms with van der Waals surface area (Å²) >= 11 is 1.13. The maximum atomic E-state index is 12.8. The van der Waals surface area contributed by atoms with Crippen LogP contribution in [0.2, 0.25) is 0 Å². The van der Waals surface area contributed by atoms with Crippen LogP contribution in [0.4, 0.5) is 5.69 Å².